The van der Waals surface area contributed by atoms with Gasteiger partial charge in [-0.25, -0.2) is 0 Å². The average Bonchev–Trinajstić information content (AvgIpc) is 2.73. The first-order valence-electron chi connectivity index (χ1n) is 9.59. The second kappa shape index (κ2) is 9.14. The van der Waals surface area contributed by atoms with Crippen molar-refractivity contribution >= 4 is 32.7 Å². The van der Waals surface area contributed by atoms with Gasteiger partial charge in [-0.1, -0.05) is 31.5 Å². The van der Waals surface area contributed by atoms with E-state index in [2.05, 4.69) is 4.28 Å². The Labute approximate surface area is 181 Å². The van der Waals surface area contributed by atoms with Crippen LogP contribution in [-0.4, -0.2) is 51.1 Å². The van der Waals surface area contributed by atoms with Crippen LogP contribution in [0.15, 0.2) is 30.3 Å². The van der Waals surface area contributed by atoms with E-state index < -0.39 is 27.4 Å². The van der Waals surface area contributed by atoms with Crippen molar-refractivity contribution in [1.82, 2.24) is 5.06 Å². The Morgan fingerprint density at radius 3 is 2.28 bits per heavy atom. The van der Waals surface area contributed by atoms with E-state index >= 15 is 0 Å². The third kappa shape index (κ3) is 4.35. The van der Waals surface area contributed by atoms with Crippen molar-refractivity contribution < 1.29 is 44.9 Å². The molecule has 0 radical (unpaired) electrons. The molecule has 0 saturated carbocycles. The molecule has 0 spiro atoms. The predicted molar refractivity (Wildman–Crippen MR) is 106 cm³/mol. The van der Waals surface area contributed by atoms with Crippen LogP contribution in [0.1, 0.15) is 52.1 Å². The topological polar surface area (TPSA) is 99.2 Å². The first kappa shape index (κ1) is 24.1. The lowest BCUT2D eigenvalue weighted by Gasteiger charge is -2.27. The second-order valence-electron chi connectivity index (χ2n) is 6.95. The van der Waals surface area contributed by atoms with Crippen LogP contribution in [0.3, 0.4) is 0 Å². The van der Waals surface area contributed by atoms with E-state index in [1.807, 2.05) is 6.92 Å². The first-order chi connectivity index (χ1) is 15.0. The second-order valence-corrected chi connectivity index (χ2v) is 8.47. The van der Waals surface area contributed by atoms with Crippen LogP contribution < -0.4 is 0 Å². The quantitative estimate of drug-likeness (QED) is 0.310. The van der Waals surface area contributed by atoms with Gasteiger partial charge >= 0.3 is 15.6 Å². The Morgan fingerprint density at radius 1 is 1.03 bits per heavy atom. The molecule has 0 bridgehead atoms. The number of imide groups is 1. The fraction of sp³-hybridized carbons (Fsp3) is 0.400. The summed E-state index contributed by atoms with van der Waals surface area (Å²) in [5, 5.41) is 0.315. The summed E-state index contributed by atoms with van der Waals surface area (Å²) in [7, 11) is -4.69. The minimum absolute atomic E-state index is 0.163. The van der Waals surface area contributed by atoms with Gasteiger partial charge in [0.15, 0.2) is 0 Å². The predicted octanol–water partition coefficient (Wildman–Crippen LogP) is 3.72. The zero-order valence-corrected chi connectivity index (χ0v) is 18.0. The van der Waals surface area contributed by atoms with Gasteiger partial charge in [0.1, 0.15) is 0 Å². The third-order valence-corrected chi connectivity index (χ3v) is 5.78. The van der Waals surface area contributed by atoms with E-state index in [1.165, 1.54) is 25.3 Å². The number of rotatable bonds is 9. The molecule has 0 aromatic heterocycles. The van der Waals surface area contributed by atoms with Crippen molar-refractivity contribution in [3.05, 3.63) is 47.0 Å². The molecule has 32 heavy (non-hydrogen) atoms. The Kier molecular flexibility index (Phi) is 6.89. The first-order valence-corrected chi connectivity index (χ1v) is 11.0. The fourth-order valence-electron chi connectivity index (χ4n) is 3.45. The van der Waals surface area contributed by atoms with Crippen LogP contribution in [0.25, 0.3) is 10.8 Å². The fourth-order valence-corrected chi connectivity index (χ4v) is 3.87. The minimum Gasteiger partial charge on any atom is -0.382 e. The van der Waals surface area contributed by atoms with Gasteiger partial charge in [-0.15, -0.1) is 9.35 Å². The van der Waals surface area contributed by atoms with Gasteiger partial charge in [-0.2, -0.15) is 21.6 Å². The van der Waals surface area contributed by atoms with Crippen LogP contribution in [0.5, 0.6) is 0 Å². The number of alkyl halides is 3. The van der Waals surface area contributed by atoms with E-state index in [0.717, 1.165) is 6.42 Å². The normalized spacial score (nSPS) is 15.5. The van der Waals surface area contributed by atoms with Gasteiger partial charge in [0, 0.05) is 12.5 Å². The van der Waals surface area contributed by atoms with Gasteiger partial charge in [0.2, 0.25) is 0 Å². The maximum Gasteiger partial charge on any atom is 0.525 e. The molecule has 8 nitrogen and oxygen atoms in total. The number of carbonyl (C=O) groups is 2. The Hall–Kier alpha value is -2.54. The van der Waals surface area contributed by atoms with Gasteiger partial charge in [-0.05, 0) is 29.5 Å². The molecule has 1 aliphatic heterocycles. The van der Waals surface area contributed by atoms with Crippen molar-refractivity contribution in [2.24, 2.45) is 0 Å². The molecular weight excluding hydrogens is 455 g/mol. The Balaban J connectivity index is 2.09. The third-order valence-electron chi connectivity index (χ3n) is 4.86. The number of amides is 2. The van der Waals surface area contributed by atoms with Crippen LogP contribution in [-0.2, 0) is 23.9 Å². The van der Waals surface area contributed by atoms with Gasteiger partial charge < -0.3 is 9.47 Å². The summed E-state index contributed by atoms with van der Waals surface area (Å²) < 4.78 is 75.7. The summed E-state index contributed by atoms with van der Waals surface area (Å²) in [5.74, 6) is -2.63. The molecular formula is C20H20F3NO7S. The van der Waals surface area contributed by atoms with E-state index in [1.54, 1.807) is 12.1 Å². The molecule has 12 heteroatoms. The van der Waals surface area contributed by atoms with Crippen molar-refractivity contribution in [1.29, 1.82) is 0 Å². The highest BCUT2D eigenvalue weighted by Crippen LogP contribution is 2.37. The Morgan fingerprint density at radius 2 is 1.69 bits per heavy atom. The molecule has 0 aliphatic carbocycles. The SMILES string of the molecule is CCCC(OCCOC)c1ccc2c3c(cccc13)C(=O)N(OS(=O)(=O)C(F)(F)F)C2=O. The van der Waals surface area contributed by atoms with Crippen LogP contribution >= 0.6 is 0 Å². The van der Waals surface area contributed by atoms with E-state index in [4.69, 9.17) is 9.47 Å². The monoisotopic (exact) mass is 475 g/mol. The molecule has 0 N–H and O–H groups in total. The van der Waals surface area contributed by atoms with E-state index in [-0.39, 0.29) is 27.7 Å². The average molecular weight is 475 g/mol. The molecule has 0 saturated heterocycles. The van der Waals surface area contributed by atoms with E-state index in [9.17, 15) is 31.2 Å². The molecule has 1 atom stereocenters. The molecule has 1 aliphatic rings. The highest BCUT2D eigenvalue weighted by molar-refractivity contribution is 7.87. The summed E-state index contributed by atoms with van der Waals surface area (Å²) in [4.78, 5) is 25.5. The number of ether oxygens (including phenoxy) is 2. The number of hydroxylamine groups is 2. The molecule has 1 heterocycles. The zero-order valence-electron chi connectivity index (χ0n) is 17.1. The standard InChI is InChI=1S/C20H20F3NO7S/c1-3-5-16(30-11-10-29-2)12-8-9-15-17-13(12)6-4-7-14(17)18(25)24(19(15)26)31-32(27,28)20(21,22)23/h4,6-9,16H,3,5,10-11H2,1-2H3. The van der Waals surface area contributed by atoms with Crippen molar-refractivity contribution in [3.8, 4) is 0 Å². The van der Waals surface area contributed by atoms with Gasteiger partial charge in [-0.3, -0.25) is 9.59 Å². The maximum atomic E-state index is 12.7. The molecule has 2 amide bonds. The molecule has 0 fully saturated rings. The largest absolute Gasteiger partial charge is 0.525 e. The highest BCUT2D eigenvalue weighted by Gasteiger charge is 2.51. The summed E-state index contributed by atoms with van der Waals surface area (Å²) >= 11 is 0. The summed E-state index contributed by atoms with van der Waals surface area (Å²) in [6.45, 7) is 2.62. The van der Waals surface area contributed by atoms with Crippen LogP contribution in [0.2, 0.25) is 0 Å². The lowest BCUT2D eigenvalue weighted by Crippen LogP contribution is -2.44. The van der Waals surface area contributed by atoms with Gasteiger partial charge in [0.05, 0.1) is 30.4 Å². The van der Waals surface area contributed by atoms with Gasteiger partial charge in [0.25, 0.3) is 11.8 Å². The summed E-state index contributed by atoms with van der Waals surface area (Å²) in [6.07, 6.45) is 1.02. The molecule has 3 rings (SSSR count). The number of carbonyl (C=O) groups excluding carboxylic acids is 2. The number of halogens is 3. The van der Waals surface area contributed by atoms with Crippen LogP contribution in [0, 0.1) is 0 Å². The number of nitrogens with zero attached hydrogens (tertiary/aromatic N) is 1. The lowest BCUT2D eigenvalue weighted by atomic mass is 9.89. The van der Waals surface area contributed by atoms with Crippen LogP contribution in [0.4, 0.5) is 13.2 Å². The molecule has 174 valence electrons. The Bertz CT molecular complexity index is 1130. The minimum atomic E-state index is -6.22. The number of methoxy groups -OCH3 is 1. The smallest absolute Gasteiger partial charge is 0.382 e. The maximum absolute atomic E-state index is 12.7. The van der Waals surface area contributed by atoms with Crippen molar-refractivity contribution in [3.63, 3.8) is 0 Å². The number of hydrogen-bond donors (Lipinski definition) is 0. The van der Waals surface area contributed by atoms with Crippen molar-refractivity contribution in [2.45, 2.75) is 31.4 Å². The highest BCUT2D eigenvalue weighted by atomic mass is 32.2. The number of hydrogen-bond acceptors (Lipinski definition) is 7. The summed E-state index contributed by atoms with van der Waals surface area (Å²) in [6, 6.07) is 7.30. The summed E-state index contributed by atoms with van der Waals surface area (Å²) in [5.41, 5.74) is -5.45. The molecule has 1 unspecified atom stereocenters. The zero-order chi connectivity index (χ0) is 23.7. The van der Waals surface area contributed by atoms with Crippen molar-refractivity contribution in [2.75, 3.05) is 20.3 Å². The number of benzene rings is 2. The lowest BCUT2D eigenvalue weighted by molar-refractivity contribution is -0.0761. The van der Waals surface area contributed by atoms with E-state index in [0.29, 0.717) is 30.6 Å². The molecule has 2 aromatic carbocycles. The molecule has 2 aromatic rings.